The monoisotopic (exact) mass is 363 g/mol. The van der Waals surface area contributed by atoms with Crippen molar-refractivity contribution < 1.29 is 9.59 Å². The van der Waals surface area contributed by atoms with Crippen molar-refractivity contribution in [3.05, 3.63) is 34.9 Å². The lowest BCUT2D eigenvalue weighted by Crippen LogP contribution is -2.56. The van der Waals surface area contributed by atoms with E-state index in [0.29, 0.717) is 23.7 Å². The van der Waals surface area contributed by atoms with E-state index in [0.717, 1.165) is 39.0 Å². The molecular formula is C19H26ClN3O2. The van der Waals surface area contributed by atoms with Crippen molar-refractivity contribution in [2.75, 3.05) is 39.3 Å². The molecule has 0 spiro atoms. The van der Waals surface area contributed by atoms with Crippen molar-refractivity contribution in [1.29, 1.82) is 0 Å². The van der Waals surface area contributed by atoms with Crippen LogP contribution in [0.2, 0.25) is 5.02 Å². The molecule has 6 heteroatoms. The van der Waals surface area contributed by atoms with Gasteiger partial charge in [0.25, 0.3) is 5.91 Å². The summed E-state index contributed by atoms with van der Waals surface area (Å²) in [6, 6.07) is 6.96. The van der Waals surface area contributed by atoms with Crippen LogP contribution in [-0.4, -0.2) is 71.8 Å². The van der Waals surface area contributed by atoms with E-state index in [1.54, 1.807) is 24.3 Å². The van der Waals surface area contributed by atoms with Gasteiger partial charge in [-0.05, 0) is 44.4 Å². The summed E-state index contributed by atoms with van der Waals surface area (Å²) in [5, 5.41) is 0.574. The largest absolute Gasteiger partial charge is 0.341 e. The highest BCUT2D eigenvalue weighted by Crippen LogP contribution is 2.17. The minimum atomic E-state index is -0.110. The molecule has 1 aromatic rings. The predicted molar refractivity (Wildman–Crippen MR) is 98.8 cm³/mol. The summed E-state index contributed by atoms with van der Waals surface area (Å²) in [5.41, 5.74) is 0.624. The van der Waals surface area contributed by atoms with E-state index in [-0.39, 0.29) is 17.9 Å². The van der Waals surface area contributed by atoms with Crippen LogP contribution in [0.5, 0.6) is 0 Å². The van der Waals surface area contributed by atoms with Crippen LogP contribution in [-0.2, 0) is 4.79 Å². The van der Waals surface area contributed by atoms with Gasteiger partial charge in [0.05, 0.1) is 6.04 Å². The van der Waals surface area contributed by atoms with E-state index in [9.17, 15) is 9.59 Å². The third-order valence-corrected chi connectivity index (χ3v) is 5.48. The van der Waals surface area contributed by atoms with Crippen molar-refractivity contribution in [2.24, 2.45) is 0 Å². The quantitative estimate of drug-likeness (QED) is 0.828. The molecule has 0 saturated carbocycles. The van der Waals surface area contributed by atoms with Crippen molar-refractivity contribution in [1.82, 2.24) is 14.7 Å². The predicted octanol–water partition coefficient (Wildman–Crippen LogP) is 2.50. The number of carbonyl (C=O) groups excluding carboxylic acids is 2. The number of nitrogens with zero attached hydrogens (tertiary/aromatic N) is 3. The van der Waals surface area contributed by atoms with Crippen LogP contribution in [0.15, 0.2) is 24.3 Å². The second-order valence-electron chi connectivity index (χ2n) is 6.90. The number of piperazine rings is 1. The van der Waals surface area contributed by atoms with Crippen molar-refractivity contribution in [3.63, 3.8) is 0 Å². The van der Waals surface area contributed by atoms with Gasteiger partial charge in [-0.2, -0.15) is 0 Å². The molecule has 1 atom stereocenters. The van der Waals surface area contributed by atoms with E-state index < -0.39 is 0 Å². The zero-order valence-electron chi connectivity index (χ0n) is 14.8. The minimum Gasteiger partial charge on any atom is -0.341 e. The highest BCUT2D eigenvalue weighted by Gasteiger charge is 2.30. The third kappa shape index (κ3) is 4.33. The zero-order valence-corrected chi connectivity index (χ0v) is 15.5. The molecule has 2 aliphatic rings. The average Bonchev–Trinajstić information content (AvgIpc) is 2.67. The number of hydrogen-bond acceptors (Lipinski definition) is 3. The molecule has 136 valence electrons. The average molecular weight is 364 g/mol. The molecule has 1 aromatic carbocycles. The minimum absolute atomic E-state index is 0.0113. The maximum atomic E-state index is 12.7. The van der Waals surface area contributed by atoms with E-state index in [2.05, 4.69) is 4.90 Å². The van der Waals surface area contributed by atoms with Crippen LogP contribution in [0.1, 0.15) is 36.5 Å². The van der Waals surface area contributed by atoms with Gasteiger partial charge in [0, 0.05) is 49.9 Å². The summed E-state index contributed by atoms with van der Waals surface area (Å²) in [4.78, 5) is 31.3. The highest BCUT2D eigenvalue weighted by molar-refractivity contribution is 6.30. The van der Waals surface area contributed by atoms with Gasteiger partial charge in [0.1, 0.15) is 0 Å². The van der Waals surface area contributed by atoms with Crippen LogP contribution in [0.4, 0.5) is 0 Å². The lowest BCUT2D eigenvalue weighted by Gasteiger charge is -2.39. The third-order valence-electron chi connectivity index (χ3n) is 5.25. The Morgan fingerprint density at radius 3 is 2.28 bits per heavy atom. The molecule has 1 unspecified atom stereocenters. The second kappa shape index (κ2) is 8.19. The van der Waals surface area contributed by atoms with Crippen LogP contribution in [0, 0.1) is 0 Å². The maximum absolute atomic E-state index is 12.7. The van der Waals surface area contributed by atoms with Gasteiger partial charge in [-0.25, -0.2) is 0 Å². The van der Waals surface area contributed by atoms with Gasteiger partial charge >= 0.3 is 0 Å². The van der Waals surface area contributed by atoms with E-state index in [4.69, 9.17) is 11.6 Å². The van der Waals surface area contributed by atoms with E-state index in [1.807, 2.05) is 16.7 Å². The fourth-order valence-corrected chi connectivity index (χ4v) is 3.84. The van der Waals surface area contributed by atoms with Crippen LogP contribution in [0.3, 0.4) is 0 Å². The second-order valence-corrected chi connectivity index (χ2v) is 7.34. The fourth-order valence-electron chi connectivity index (χ4n) is 3.65. The molecular weight excluding hydrogens is 338 g/mol. The Morgan fingerprint density at radius 1 is 0.960 bits per heavy atom. The molecule has 5 nitrogen and oxygen atoms in total. The van der Waals surface area contributed by atoms with Crippen molar-refractivity contribution in [3.8, 4) is 0 Å². The Morgan fingerprint density at radius 2 is 1.64 bits per heavy atom. The first-order chi connectivity index (χ1) is 12.1. The first-order valence-corrected chi connectivity index (χ1v) is 9.52. The van der Waals surface area contributed by atoms with Gasteiger partial charge in [-0.1, -0.05) is 17.7 Å². The van der Waals surface area contributed by atoms with Crippen LogP contribution in [0.25, 0.3) is 0 Å². The zero-order chi connectivity index (χ0) is 17.8. The Hall–Kier alpha value is -1.59. The molecule has 3 rings (SSSR count). The van der Waals surface area contributed by atoms with Crippen molar-refractivity contribution >= 4 is 23.4 Å². The van der Waals surface area contributed by atoms with Crippen LogP contribution >= 0.6 is 11.6 Å². The number of benzene rings is 1. The smallest absolute Gasteiger partial charge is 0.253 e. The molecule has 0 N–H and O–H groups in total. The number of rotatable bonds is 3. The standard InChI is InChI=1S/C19H26ClN3O2/c1-15(18(24)22-8-3-2-4-9-22)21-10-12-23(13-11-21)19(25)16-6-5-7-17(20)14-16/h5-7,14-15H,2-4,8-13H2,1H3. The van der Waals surface area contributed by atoms with Crippen LogP contribution < -0.4 is 0 Å². The van der Waals surface area contributed by atoms with E-state index >= 15 is 0 Å². The molecule has 2 fully saturated rings. The molecule has 0 aliphatic carbocycles. The number of carbonyl (C=O) groups is 2. The molecule has 2 heterocycles. The Kier molecular flexibility index (Phi) is 5.97. The number of hydrogen-bond donors (Lipinski definition) is 0. The Labute approximate surface area is 154 Å². The van der Waals surface area contributed by atoms with Gasteiger partial charge in [-0.15, -0.1) is 0 Å². The molecule has 0 radical (unpaired) electrons. The van der Waals surface area contributed by atoms with E-state index in [1.165, 1.54) is 6.42 Å². The molecule has 2 amide bonds. The summed E-state index contributed by atoms with van der Waals surface area (Å²) in [7, 11) is 0. The highest BCUT2D eigenvalue weighted by atomic mass is 35.5. The molecule has 25 heavy (non-hydrogen) atoms. The summed E-state index contributed by atoms with van der Waals surface area (Å²) >= 11 is 5.98. The van der Waals surface area contributed by atoms with Gasteiger partial charge < -0.3 is 9.80 Å². The Bertz CT molecular complexity index is 623. The van der Waals surface area contributed by atoms with Gasteiger partial charge in [0.2, 0.25) is 5.91 Å². The number of likely N-dealkylation sites (tertiary alicyclic amines) is 1. The topological polar surface area (TPSA) is 43.9 Å². The fraction of sp³-hybridized carbons (Fsp3) is 0.579. The molecule has 2 aliphatic heterocycles. The lowest BCUT2D eigenvalue weighted by atomic mass is 10.1. The first kappa shape index (κ1) is 18.2. The summed E-state index contributed by atoms with van der Waals surface area (Å²) in [6.07, 6.45) is 3.45. The summed E-state index contributed by atoms with van der Waals surface area (Å²) in [6.45, 7) is 6.50. The van der Waals surface area contributed by atoms with Gasteiger partial charge in [0.15, 0.2) is 0 Å². The normalized spacial score (nSPS) is 20.4. The number of piperidine rings is 1. The Balaban J connectivity index is 1.54. The maximum Gasteiger partial charge on any atom is 0.253 e. The SMILES string of the molecule is CC(C(=O)N1CCCCC1)N1CCN(C(=O)c2cccc(Cl)c2)CC1. The van der Waals surface area contributed by atoms with Gasteiger partial charge in [-0.3, -0.25) is 14.5 Å². The molecule has 2 saturated heterocycles. The first-order valence-electron chi connectivity index (χ1n) is 9.14. The lowest BCUT2D eigenvalue weighted by molar-refractivity contribution is -0.137. The summed E-state index contributed by atoms with van der Waals surface area (Å²) in [5.74, 6) is 0.242. The molecule has 0 aromatic heterocycles. The number of halogens is 1. The number of amides is 2. The van der Waals surface area contributed by atoms with Crippen molar-refractivity contribution in [2.45, 2.75) is 32.2 Å². The molecule has 0 bridgehead atoms. The summed E-state index contributed by atoms with van der Waals surface area (Å²) < 4.78 is 0.